The molecule has 0 aliphatic rings. The lowest BCUT2D eigenvalue weighted by Crippen LogP contribution is -2.25. The molecule has 20 heavy (non-hydrogen) atoms. The van der Waals surface area contributed by atoms with Crippen molar-refractivity contribution in [3.8, 4) is 0 Å². The van der Waals surface area contributed by atoms with Crippen molar-refractivity contribution in [2.45, 2.75) is 13.0 Å². The second kappa shape index (κ2) is 5.97. The van der Waals surface area contributed by atoms with Gasteiger partial charge in [0.2, 0.25) is 0 Å². The van der Waals surface area contributed by atoms with E-state index in [1.807, 2.05) is 6.07 Å². The van der Waals surface area contributed by atoms with Crippen LogP contribution >= 0.6 is 31.9 Å². The van der Waals surface area contributed by atoms with Gasteiger partial charge < -0.3 is 14.5 Å². The zero-order valence-electron chi connectivity index (χ0n) is 10.7. The van der Waals surface area contributed by atoms with Crippen LogP contribution in [0.5, 0.6) is 0 Å². The summed E-state index contributed by atoms with van der Waals surface area (Å²) in [6.45, 7) is 1.46. The van der Waals surface area contributed by atoms with E-state index in [1.54, 1.807) is 12.3 Å². The molecule has 0 saturated carbocycles. The number of aromatic amines is 1. The molecule has 106 valence electrons. The van der Waals surface area contributed by atoms with Gasteiger partial charge in [-0.25, -0.2) is 9.59 Å². The average molecular weight is 405 g/mol. The number of rotatable bonds is 3. The summed E-state index contributed by atoms with van der Waals surface area (Å²) >= 11 is 6.77. The van der Waals surface area contributed by atoms with Crippen molar-refractivity contribution in [3.63, 3.8) is 0 Å². The Kier molecular flexibility index (Phi) is 4.49. The van der Waals surface area contributed by atoms with E-state index in [0.29, 0.717) is 10.9 Å². The second-order valence-electron chi connectivity index (χ2n) is 4.08. The summed E-state index contributed by atoms with van der Waals surface area (Å²) in [5.41, 5.74) is 1.15. The highest BCUT2D eigenvalue weighted by molar-refractivity contribution is 9.13. The van der Waals surface area contributed by atoms with Crippen LogP contribution in [0.1, 0.15) is 17.3 Å². The number of ether oxygens (including phenoxy) is 2. The summed E-state index contributed by atoms with van der Waals surface area (Å²) in [5.74, 6) is -1.18. The Morgan fingerprint density at radius 3 is 2.55 bits per heavy atom. The third-order valence-electron chi connectivity index (χ3n) is 2.76. The van der Waals surface area contributed by atoms with Gasteiger partial charge in [-0.2, -0.15) is 0 Å². The fourth-order valence-corrected chi connectivity index (χ4v) is 2.41. The maximum Gasteiger partial charge on any atom is 0.346 e. The van der Waals surface area contributed by atoms with Crippen molar-refractivity contribution in [2.24, 2.45) is 0 Å². The van der Waals surface area contributed by atoms with Crippen molar-refractivity contribution in [1.82, 2.24) is 4.98 Å². The number of halogens is 2. The van der Waals surface area contributed by atoms with Crippen LogP contribution in [0, 0.1) is 0 Å². The molecule has 0 fully saturated rings. The molecular formula is C13H11Br2NO4. The third kappa shape index (κ3) is 2.88. The first kappa shape index (κ1) is 15.1. The Morgan fingerprint density at radius 1 is 1.25 bits per heavy atom. The summed E-state index contributed by atoms with van der Waals surface area (Å²) in [7, 11) is 1.24. The molecule has 0 amide bonds. The van der Waals surface area contributed by atoms with Crippen molar-refractivity contribution in [1.29, 1.82) is 0 Å². The monoisotopic (exact) mass is 403 g/mol. The highest BCUT2D eigenvalue weighted by atomic mass is 79.9. The molecule has 2 rings (SSSR count). The first-order valence-corrected chi connectivity index (χ1v) is 7.27. The van der Waals surface area contributed by atoms with Crippen molar-refractivity contribution < 1.29 is 19.1 Å². The van der Waals surface area contributed by atoms with Gasteiger partial charge in [0.1, 0.15) is 0 Å². The first-order chi connectivity index (χ1) is 9.43. The molecule has 1 aromatic heterocycles. The van der Waals surface area contributed by atoms with Crippen LogP contribution < -0.4 is 0 Å². The normalized spacial score (nSPS) is 12.2. The lowest BCUT2D eigenvalue weighted by Gasteiger charge is -2.10. The molecule has 0 radical (unpaired) electrons. The third-order valence-corrected chi connectivity index (χ3v) is 4.60. The minimum Gasteiger partial charge on any atom is -0.466 e. The summed E-state index contributed by atoms with van der Waals surface area (Å²) in [6, 6.07) is 3.65. The summed E-state index contributed by atoms with van der Waals surface area (Å²) < 4.78 is 11.3. The van der Waals surface area contributed by atoms with Gasteiger partial charge in [-0.3, -0.25) is 0 Å². The fraction of sp³-hybridized carbons (Fsp3) is 0.231. The van der Waals surface area contributed by atoms with Gasteiger partial charge in [-0.1, -0.05) is 0 Å². The Labute approximate surface area is 131 Å². The number of H-pyrrole nitrogens is 1. The minimum atomic E-state index is -0.948. The van der Waals surface area contributed by atoms with Gasteiger partial charge in [-0.15, -0.1) is 0 Å². The second-order valence-corrected chi connectivity index (χ2v) is 5.79. The van der Waals surface area contributed by atoms with E-state index in [2.05, 4.69) is 41.6 Å². The van der Waals surface area contributed by atoms with Crippen LogP contribution in [0.3, 0.4) is 0 Å². The van der Waals surface area contributed by atoms with E-state index in [-0.39, 0.29) is 0 Å². The first-order valence-electron chi connectivity index (χ1n) is 5.69. The molecule has 0 aliphatic carbocycles. The van der Waals surface area contributed by atoms with Gasteiger partial charge in [0, 0.05) is 26.0 Å². The molecule has 1 N–H and O–H groups in total. The molecule has 0 aliphatic heterocycles. The van der Waals surface area contributed by atoms with Crippen LogP contribution in [0.4, 0.5) is 0 Å². The highest BCUT2D eigenvalue weighted by Gasteiger charge is 2.21. The van der Waals surface area contributed by atoms with Crippen LogP contribution in [0.15, 0.2) is 27.3 Å². The molecule has 1 heterocycles. The molecule has 0 saturated heterocycles. The predicted molar refractivity (Wildman–Crippen MR) is 80.6 cm³/mol. The topological polar surface area (TPSA) is 68.4 Å². The number of carbonyl (C=O) groups excluding carboxylic acids is 2. The van der Waals surface area contributed by atoms with Crippen LogP contribution in [-0.4, -0.2) is 30.1 Å². The maximum absolute atomic E-state index is 12.1. The van der Waals surface area contributed by atoms with Gasteiger partial charge in [-0.05, 0) is 50.9 Å². The number of aromatic nitrogens is 1. The Bertz CT molecular complexity index is 680. The molecule has 1 atom stereocenters. The fourth-order valence-electron chi connectivity index (χ4n) is 1.72. The largest absolute Gasteiger partial charge is 0.466 e. The predicted octanol–water partition coefficient (Wildman–Crippen LogP) is 3.41. The Morgan fingerprint density at radius 2 is 1.90 bits per heavy atom. The van der Waals surface area contributed by atoms with E-state index in [4.69, 9.17) is 4.74 Å². The summed E-state index contributed by atoms with van der Waals surface area (Å²) in [5, 5.41) is 0.710. The summed E-state index contributed by atoms with van der Waals surface area (Å²) in [6.07, 6.45) is 0.604. The Balaban J connectivity index is 2.31. The molecule has 7 heteroatoms. The number of esters is 2. The number of hydrogen-bond donors (Lipinski definition) is 1. The van der Waals surface area contributed by atoms with E-state index in [9.17, 15) is 9.59 Å². The van der Waals surface area contributed by atoms with E-state index in [1.165, 1.54) is 14.0 Å². The number of benzene rings is 1. The molecular weight excluding hydrogens is 394 g/mol. The molecule has 0 spiro atoms. The van der Waals surface area contributed by atoms with Gasteiger partial charge in [0.15, 0.2) is 6.10 Å². The number of nitrogens with one attached hydrogen (secondary N) is 1. The van der Waals surface area contributed by atoms with Crippen molar-refractivity contribution in [3.05, 3.63) is 32.8 Å². The zero-order chi connectivity index (χ0) is 14.9. The standard InChI is InChI=1S/C13H11Br2NO4/c1-6(12(17)19-2)20-13(18)8-5-16-11-4-10(15)9(14)3-7(8)11/h3-6,16H,1-2H3/t6-/m0/s1. The van der Waals surface area contributed by atoms with Crippen LogP contribution in [-0.2, 0) is 14.3 Å². The lowest BCUT2D eigenvalue weighted by atomic mass is 10.2. The lowest BCUT2D eigenvalue weighted by molar-refractivity contribution is -0.149. The molecule has 2 aromatic rings. The smallest absolute Gasteiger partial charge is 0.346 e. The number of fused-ring (bicyclic) bond motifs is 1. The average Bonchev–Trinajstić information content (AvgIpc) is 2.81. The minimum absolute atomic E-state index is 0.365. The van der Waals surface area contributed by atoms with Crippen molar-refractivity contribution in [2.75, 3.05) is 7.11 Å². The number of methoxy groups -OCH3 is 1. The van der Waals surface area contributed by atoms with Gasteiger partial charge in [0.25, 0.3) is 0 Å². The molecule has 1 aromatic carbocycles. The maximum atomic E-state index is 12.1. The number of hydrogen-bond acceptors (Lipinski definition) is 4. The SMILES string of the molecule is COC(=O)[C@H](C)OC(=O)c1c[nH]c2cc(Br)c(Br)cc12. The highest BCUT2D eigenvalue weighted by Crippen LogP contribution is 2.30. The van der Waals surface area contributed by atoms with Crippen LogP contribution in [0.2, 0.25) is 0 Å². The van der Waals surface area contributed by atoms with Gasteiger partial charge in [0.05, 0.1) is 12.7 Å². The quantitative estimate of drug-likeness (QED) is 0.796. The molecule has 0 bridgehead atoms. The van der Waals surface area contributed by atoms with E-state index in [0.717, 1.165) is 14.5 Å². The van der Waals surface area contributed by atoms with Gasteiger partial charge >= 0.3 is 11.9 Å². The van der Waals surface area contributed by atoms with E-state index < -0.39 is 18.0 Å². The number of carbonyl (C=O) groups is 2. The zero-order valence-corrected chi connectivity index (χ0v) is 13.9. The molecule has 0 unspecified atom stereocenters. The Hall–Kier alpha value is -1.34. The van der Waals surface area contributed by atoms with E-state index >= 15 is 0 Å². The van der Waals surface area contributed by atoms with Crippen LogP contribution in [0.25, 0.3) is 10.9 Å². The molecule has 5 nitrogen and oxygen atoms in total. The summed E-state index contributed by atoms with van der Waals surface area (Å²) in [4.78, 5) is 26.3. The van der Waals surface area contributed by atoms with Crippen molar-refractivity contribution >= 4 is 54.7 Å².